The number of hydrogen-bond acceptors (Lipinski definition) is 5. The molecule has 1 aliphatic rings. The van der Waals surface area contributed by atoms with Crippen LogP contribution in [-0.2, 0) is 7.05 Å². The molecule has 1 saturated heterocycles. The molecule has 0 aromatic carbocycles. The molecule has 0 amide bonds. The molecule has 3 heterocycles. The van der Waals surface area contributed by atoms with Crippen LogP contribution >= 0.6 is 0 Å². The molecule has 1 aliphatic heterocycles. The second-order valence-electron chi connectivity index (χ2n) is 5.95. The lowest BCUT2D eigenvalue weighted by Crippen LogP contribution is -2.35. The van der Waals surface area contributed by atoms with Crippen LogP contribution in [-0.4, -0.2) is 55.8 Å². The molecule has 0 unspecified atom stereocenters. The van der Waals surface area contributed by atoms with Crippen molar-refractivity contribution in [3.05, 3.63) is 30.0 Å². The van der Waals surface area contributed by atoms with E-state index < -0.39 is 0 Å². The van der Waals surface area contributed by atoms with Gasteiger partial charge in [0.25, 0.3) is 0 Å². The topological polar surface area (TPSA) is 67.1 Å². The Morgan fingerprint density at radius 1 is 1.27 bits per heavy atom. The van der Waals surface area contributed by atoms with Crippen LogP contribution in [0.5, 0.6) is 0 Å². The van der Waals surface area contributed by atoms with E-state index in [1.165, 1.54) is 0 Å². The molecule has 0 spiro atoms. The van der Waals surface area contributed by atoms with Crippen LogP contribution in [0.15, 0.2) is 18.5 Å². The van der Waals surface area contributed by atoms with Gasteiger partial charge in [0.15, 0.2) is 5.82 Å². The fraction of sp³-hybridized carbons (Fsp3) is 0.562. The third-order valence-electron chi connectivity index (χ3n) is 4.29. The van der Waals surface area contributed by atoms with E-state index in [-0.39, 0.29) is 6.61 Å². The Labute approximate surface area is 130 Å². The Kier molecular flexibility index (Phi) is 4.49. The lowest BCUT2D eigenvalue weighted by atomic mass is 9.95. The number of aryl methyl sites for hydroxylation is 2. The first-order valence-electron chi connectivity index (χ1n) is 7.84. The predicted molar refractivity (Wildman–Crippen MR) is 84.5 cm³/mol. The van der Waals surface area contributed by atoms with Crippen molar-refractivity contribution in [1.82, 2.24) is 24.4 Å². The molecule has 6 heteroatoms. The summed E-state index contributed by atoms with van der Waals surface area (Å²) in [6, 6.07) is 1.99. The summed E-state index contributed by atoms with van der Waals surface area (Å²) in [5, 5.41) is 9.03. The van der Waals surface area contributed by atoms with Gasteiger partial charge in [0.05, 0.1) is 6.61 Å². The first-order chi connectivity index (χ1) is 10.7. The average molecular weight is 301 g/mol. The minimum atomic E-state index is 0.231. The highest BCUT2D eigenvalue weighted by Gasteiger charge is 2.23. The van der Waals surface area contributed by atoms with Crippen molar-refractivity contribution >= 4 is 0 Å². The van der Waals surface area contributed by atoms with Gasteiger partial charge in [-0.15, -0.1) is 0 Å². The largest absolute Gasteiger partial charge is 0.395 e. The molecule has 22 heavy (non-hydrogen) atoms. The van der Waals surface area contributed by atoms with Gasteiger partial charge in [0.2, 0.25) is 0 Å². The van der Waals surface area contributed by atoms with Crippen LogP contribution in [0.4, 0.5) is 0 Å². The minimum Gasteiger partial charge on any atom is -0.395 e. The Hall–Kier alpha value is -1.79. The number of piperidine rings is 1. The Balaban J connectivity index is 1.80. The Morgan fingerprint density at radius 3 is 2.68 bits per heavy atom. The Bertz CT molecular complexity index is 631. The van der Waals surface area contributed by atoms with Crippen molar-refractivity contribution in [3.8, 4) is 11.5 Å². The maximum atomic E-state index is 9.03. The highest BCUT2D eigenvalue weighted by molar-refractivity contribution is 5.50. The molecule has 2 aromatic rings. The van der Waals surface area contributed by atoms with E-state index in [0.29, 0.717) is 5.92 Å². The van der Waals surface area contributed by atoms with Gasteiger partial charge in [-0.25, -0.2) is 15.0 Å². The van der Waals surface area contributed by atoms with Crippen LogP contribution in [0.1, 0.15) is 30.3 Å². The number of imidazole rings is 1. The summed E-state index contributed by atoms with van der Waals surface area (Å²) >= 11 is 0. The number of β-amino-alcohol motifs (C(OH)–C–C–N with tert-alkyl or cyclic N) is 1. The number of nitrogens with zero attached hydrogens (tertiary/aromatic N) is 5. The first kappa shape index (κ1) is 15.1. The maximum absolute atomic E-state index is 9.03. The summed E-state index contributed by atoms with van der Waals surface area (Å²) in [5.41, 5.74) is 1.88. The van der Waals surface area contributed by atoms with E-state index >= 15 is 0 Å². The summed E-state index contributed by atoms with van der Waals surface area (Å²) in [6.07, 6.45) is 5.81. The molecule has 0 atom stereocenters. The fourth-order valence-electron chi connectivity index (χ4n) is 3.06. The zero-order chi connectivity index (χ0) is 15.5. The summed E-state index contributed by atoms with van der Waals surface area (Å²) in [4.78, 5) is 16.1. The number of likely N-dealkylation sites (tertiary alicyclic amines) is 1. The molecule has 2 aromatic heterocycles. The molecular weight excluding hydrogens is 278 g/mol. The first-order valence-corrected chi connectivity index (χ1v) is 7.84. The van der Waals surface area contributed by atoms with Crippen LogP contribution < -0.4 is 0 Å². The van der Waals surface area contributed by atoms with E-state index in [1.54, 1.807) is 6.20 Å². The second kappa shape index (κ2) is 6.54. The zero-order valence-electron chi connectivity index (χ0n) is 13.2. The molecular formula is C16H23N5O. The van der Waals surface area contributed by atoms with E-state index in [2.05, 4.69) is 14.9 Å². The standard InChI is InChI=1S/C16H23N5O/c1-12-11-14(16-17-5-8-20(16)2)19-15(18-12)13-3-6-21(7-4-13)9-10-22/h5,8,11,13,22H,3-4,6-7,9-10H2,1-2H3. The number of aliphatic hydroxyl groups excluding tert-OH is 1. The van der Waals surface area contributed by atoms with E-state index in [9.17, 15) is 0 Å². The van der Waals surface area contributed by atoms with Crippen molar-refractivity contribution in [2.24, 2.45) is 7.05 Å². The smallest absolute Gasteiger partial charge is 0.158 e. The monoisotopic (exact) mass is 301 g/mol. The van der Waals surface area contributed by atoms with Crippen LogP contribution in [0.3, 0.4) is 0 Å². The van der Waals surface area contributed by atoms with E-state index in [1.807, 2.05) is 30.8 Å². The van der Waals surface area contributed by atoms with Gasteiger partial charge >= 0.3 is 0 Å². The van der Waals surface area contributed by atoms with E-state index in [4.69, 9.17) is 10.1 Å². The Morgan fingerprint density at radius 2 is 2.05 bits per heavy atom. The van der Waals surface area contributed by atoms with Crippen molar-refractivity contribution in [3.63, 3.8) is 0 Å². The highest BCUT2D eigenvalue weighted by atomic mass is 16.3. The quantitative estimate of drug-likeness (QED) is 0.923. The van der Waals surface area contributed by atoms with E-state index in [0.717, 1.165) is 55.5 Å². The molecule has 0 saturated carbocycles. The third kappa shape index (κ3) is 3.18. The summed E-state index contributed by atoms with van der Waals surface area (Å²) in [5.74, 6) is 2.21. The van der Waals surface area contributed by atoms with Crippen molar-refractivity contribution in [1.29, 1.82) is 0 Å². The SMILES string of the molecule is Cc1cc(-c2nccn2C)nc(C2CCN(CCO)CC2)n1. The number of aliphatic hydroxyl groups is 1. The van der Waals surface area contributed by atoms with Crippen molar-refractivity contribution < 1.29 is 5.11 Å². The van der Waals surface area contributed by atoms with Crippen LogP contribution in [0.25, 0.3) is 11.5 Å². The number of rotatable bonds is 4. The van der Waals surface area contributed by atoms with Gasteiger partial charge in [0, 0.05) is 37.6 Å². The fourth-order valence-corrected chi connectivity index (χ4v) is 3.06. The molecule has 0 bridgehead atoms. The summed E-state index contributed by atoms with van der Waals surface area (Å²) in [7, 11) is 1.98. The number of hydrogen-bond donors (Lipinski definition) is 1. The van der Waals surface area contributed by atoms with Crippen LogP contribution in [0.2, 0.25) is 0 Å². The molecule has 3 rings (SSSR count). The van der Waals surface area contributed by atoms with Crippen molar-refractivity contribution in [2.75, 3.05) is 26.2 Å². The minimum absolute atomic E-state index is 0.231. The zero-order valence-corrected chi connectivity index (χ0v) is 13.2. The van der Waals surface area contributed by atoms with Crippen molar-refractivity contribution in [2.45, 2.75) is 25.7 Å². The third-order valence-corrected chi connectivity index (χ3v) is 4.29. The summed E-state index contributed by atoms with van der Waals surface area (Å²) in [6.45, 7) is 5.01. The number of aromatic nitrogens is 4. The highest BCUT2D eigenvalue weighted by Crippen LogP contribution is 2.27. The lowest BCUT2D eigenvalue weighted by Gasteiger charge is -2.30. The van der Waals surface area contributed by atoms with Gasteiger partial charge in [-0.3, -0.25) is 0 Å². The molecule has 0 aliphatic carbocycles. The van der Waals surface area contributed by atoms with Gasteiger partial charge in [0.1, 0.15) is 11.5 Å². The molecule has 1 fully saturated rings. The van der Waals surface area contributed by atoms with Gasteiger partial charge in [-0.05, 0) is 38.9 Å². The van der Waals surface area contributed by atoms with Gasteiger partial charge in [-0.1, -0.05) is 0 Å². The second-order valence-corrected chi connectivity index (χ2v) is 5.95. The van der Waals surface area contributed by atoms with Gasteiger partial charge < -0.3 is 14.6 Å². The lowest BCUT2D eigenvalue weighted by molar-refractivity contribution is 0.162. The maximum Gasteiger partial charge on any atom is 0.158 e. The predicted octanol–water partition coefficient (Wildman–Crippen LogP) is 1.36. The molecule has 6 nitrogen and oxygen atoms in total. The van der Waals surface area contributed by atoms with Gasteiger partial charge in [-0.2, -0.15) is 0 Å². The molecule has 118 valence electrons. The molecule has 1 N–H and O–H groups in total. The van der Waals surface area contributed by atoms with Crippen LogP contribution in [0, 0.1) is 6.92 Å². The summed E-state index contributed by atoms with van der Waals surface area (Å²) < 4.78 is 1.98. The molecule has 0 radical (unpaired) electrons. The normalized spacial score (nSPS) is 17.0. The average Bonchev–Trinajstić information content (AvgIpc) is 2.94.